The Balaban J connectivity index is 2.02. The maximum atomic E-state index is 5.69. The Bertz CT molecular complexity index is 437. The van der Waals surface area contributed by atoms with Gasteiger partial charge in [0.15, 0.2) is 24.3 Å². The average molecular weight is 216 g/mol. The molecule has 0 saturated carbocycles. The lowest BCUT2D eigenvalue weighted by atomic mass is 10.3. The molecule has 0 fully saturated rings. The summed E-state index contributed by atoms with van der Waals surface area (Å²) in [7, 11) is 3.99. The Morgan fingerprint density at radius 3 is 2.38 bits per heavy atom. The first-order valence-corrected chi connectivity index (χ1v) is 5.26. The van der Waals surface area contributed by atoms with Crippen molar-refractivity contribution in [2.24, 2.45) is 14.1 Å². The molecule has 0 unspecified atom stereocenters. The number of ether oxygens (including phenoxy) is 1. The van der Waals surface area contributed by atoms with Crippen molar-refractivity contribution in [3.8, 4) is 5.75 Å². The minimum Gasteiger partial charge on any atom is -0.482 e. The number of rotatable bonds is 3. The summed E-state index contributed by atoms with van der Waals surface area (Å²) in [4.78, 5) is 0. The van der Waals surface area contributed by atoms with Gasteiger partial charge in [-0.2, -0.15) is 0 Å². The second-order valence-electron chi connectivity index (χ2n) is 3.87. The fourth-order valence-electron chi connectivity index (χ4n) is 1.55. The van der Waals surface area contributed by atoms with Crippen LogP contribution in [-0.2, 0) is 20.7 Å². The van der Waals surface area contributed by atoms with Crippen LogP contribution in [0.4, 0.5) is 0 Å². The van der Waals surface area contributed by atoms with Gasteiger partial charge in [0.25, 0.3) is 0 Å². The Labute approximate surface area is 95.6 Å². The highest BCUT2D eigenvalue weighted by atomic mass is 16.5. The Hall–Kier alpha value is -1.90. The van der Waals surface area contributed by atoms with Crippen LogP contribution < -0.4 is 13.9 Å². The molecule has 16 heavy (non-hydrogen) atoms. The van der Waals surface area contributed by atoms with Gasteiger partial charge in [0.1, 0.15) is 20.7 Å². The van der Waals surface area contributed by atoms with Crippen LogP contribution in [0.3, 0.4) is 0 Å². The van der Waals surface area contributed by atoms with Crippen molar-refractivity contribution in [2.75, 3.05) is 0 Å². The molecule has 0 radical (unpaired) electrons. The van der Waals surface area contributed by atoms with Gasteiger partial charge in [0, 0.05) is 12.1 Å². The minimum absolute atomic E-state index is 0.596. The summed E-state index contributed by atoms with van der Waals surface area (Å²) in [5.41, 5.74) is 1.16. The van der Waals surface area contributed by atoms with Crippen molar-refractivity contribution in [1.82, 2.24) is 0 Å². The van der Waals surface area contributed by atoms with Crippen molar-refractivity contribution in [1.29, 1.82) is 0 Å². The van der Waals surface area contributed by atoms with Gasteiger partial charge < -0.3 is 4.74 Å². The molecular formula is C13H16N2O+2. The Kier molecular flexibility index (Phi) is 3.15. The van der Waals surface area contributed by atoms with Gasteiger partial charge >= 0.3 is 0 Å². The molecular weight excluding hydrogens is 200 g/mol. The summed E-state index contributed by atoms with van der Waals surface area (Å²) in [6, 6.07) is 8.01. The fourth-order valence-corrected chi connectivity index (χ4v) is 1.55. The highest BCUT2D eigenvalue weighted by Crippen LogP contribution is 2.08. The molecule has 3 heteroatoms. The molecule has 2 rings (SSSR count). The number of aromatic nitrogens is 2. The SMILES string of the molecule is C[n+]1cccc(COc2ccc[n+](C)c2)c1. The Morgan fingerprint density at radius 2 is 1.69 bits per heavy atom. The van der Waals surface area contributed by atoms with Gasteiger partial charge in [-0.25, -0.2) is 9.13 Å². The summed E-state index contributed by atoms with van der Waals surface area (Å²) in [5.74, 6) is 0.886. The molecule has 2 heterocycles. The molecule has 0 spiro atoms. The first-order chi connectivity index (χ1) is 7.74. The number of hydrogen-bond donors (Lipinski definition) is 0. The normalized spacial score (nSPS) is 10.1. The molecule has 0 atom stereocenters. The molecule has 0 aromatic carbocycles. The zero-order valence-corrected chi connectivity index (χ0v) is 9.63. The van der Waals surface area contributed by atoms with Crippen molar-refractivity contribution in [3.05, 3.63) is 54.6 Å². The van der Waals surface area contributed by atoms with Crippen LogP contribution in [0, 0.1) is 0 Å². The third-order valence-corrected chi connectivity index (χ3v) is 2.32. The molecule has 0 saturated heterocycles. The fraction of sp³-hybridized carbons (Fsp3) is 0.231. The molecule has 0 N–H and O–H groups in total. The minimum atomic E-state index is 0.596. The van der Waals surface area contributed by atoms with Crippen molar-refractivity contribution in [3.63, 3.8) is 0 Å². The van der Waals surface area contributed by atoms with E-state index in [1.165, 1.54) is 0 Å². The summed E-state index contributed by atoms with van der Waals surface area (Å²) < 4.78 is 9.68. The predicted molar refractivity (Wildman–Crippen MR) is 59.6 cm³/mol. The molecule has 0 bridgehead atoms. The van der Waals surface area contributed by atoms with E-state index in [0.29, 0.717) is 6.61 Å². The molecule has 2 aromatic rings. The molecule has 3 nitrogen and oxygen atoms in total. The van der Waals surface area contributed by atoms with Crippen LogP contribution in [-0.4, -0.2) is 0 Å². The van der Waals surface area contributed by atoms with E-state index < -0.39 is 0 Å². The second-order valence-corrected chi connectivity index (χ2v) is 3.87. The van der Waals surface area contributed by atoms with E-state index in [1.54, 1.807) is 0 Å². The second kappa shape index (κ2) is 4.75. The molecule has 0 aliphatic carbocycles. The average Bonchev–Trinajstić information content (AvgIpc) is 2.27. The standard InChI is InChI=1S/C13H16N2O/c1-14-7-3-5-12(9-14)11-16-13-6-4-8-15(2)10-13/h3-10H,11H2,1-2H3/q+2. The monoisotopic (exact) mass is 216 g/mol. The lowest BCUT2D eigenvalue weighted by Crippen LogP contribution is -2.27. The van der Waals surface area contributed by atoms with Crippen molar-refractivity contribution >= 4 is 0 Å². The van der Waals surface area contributed by atoms with E-state index in [2.05, 4.69) is 12.3 Å². The highest BCUT2D eigenvalue weighted by Gasteiger charge is 2.02. The molecule has 0 aliphatic rings. The lowest BCUT2D eigenvalue weighted by molar-refractivity contribution is -0.672. The Morgan fingerprint density at radius 1 is 1.00 bits per heavy atom. The molecule has 0 amide bonds. The maximum absolute atomic E-state index is 5.69. The van der Waals surface area contributed by atoms with Crippen molar-refractivity contribution in [2.45, 2.75) is 6.61 Å². The number of pyridine rings is 2. The number of aryl methyl sites for hydroxylation is 2. The third kappa shape index (κ3) is 2.79. The largest absolute Gasteiger partial charge is 0.482 e. The first-order valence-electron chi connectivity index (χ1n) is 5.26. The number of hydrogen-bond acceptors (Lipinski definition) is 1. The van der Waals surface area contributed by atoms with Gasteiger partial charge in [-0.05, 0) is 12.1 Å². The van der Waals surface area contributed by atoms with Gasteiger partial charge in [-0.15, -0.1) is 0 Å². The summed E-state index contributed by atoms with van der Waals surface area (Å²) >= 11 is 0. The van der Waals surface area contributed by atoms with Crippen LogP contribution in [0.2, 0.25) is 0 Å². The maximum Gasteiger partial charge on any atom is 0.210 e. The van der Waals surface area contributed by atoms with E-state index >= 15 is 0 Å². The van der Waals surface area contributed by atoms with Gasteiger partial charge in [0.2, 0.25) is 6.20 Å². The van der Waals surface area contributed by atoms with Crippen LogP contribution in [0.25, 0.3) is 0 Å². The van der Waals surface area contributed by atoms with E-state index in [1.807, 2.05) is 60.0 Å². The zero-order valence-electron chi connectivity index (χ0n) is 9.63. The van der Waals surface area contributed by atoms with Gasteiger partial charge in [-0.1, -0.05) is 0 Å². The molecule has 82 valence electrons. The first kappa shape index (κ1) is 10.6. The van der Waals surface area contributed by atoms with Gasteiger partial charge in [-0.3, -0.25) is 0 Å². The van der Waals surface area contributed by atoms with E-state index in [4.69, 9.17) is 4.74 Å². The van der Waals surface area contributed by atoms with E-state index in [9.17, 15) is 0 Å². The van der Waals surface area contributed by atoms with Gasteiger partial charge in [0.05, 0.1) is 5.56 Å². The summed E-state index contributed by atoms with van der Waals surface area (Å²) in [5, 5.41) is 0. The van der Waals surface area contributed by atoms with E-state index in [-0.39, 0.29) is 0 Å². The van der Waals surface area contributed by atoms with Crippen LogP contribution in [0.5, 0.6) is 5.75 Å². The van der Waals surface area contributed by atoms with E-state index in [0.717, 1.165) is 11.3 Å². The smallest absolute Gasteiger partial charge is 0.210 e. The van der Waals surface area contributed by atoms with Crippen molar-refractivity contribution < 1.29 is 13.9 Å². The van der Waals surface area contributed by atoms with Crippen LogP contribution in [0.15, 0.2) is 49.1 Å². The predicted octanol–water partition coefficient (Wildman–Crippen LogP) is 0.915. The number of nitrogens with zero attached hydrogens (tertiary/aromatic N) is 2. The highest BCUT2D eigenvalue weighted by molar-refractivity contribution is 5.14. The van der Waals surface area contributed by atoms with Crippen LogP contribution in [0.1, 0.15) is 5.56 Å². The molecule has 0 aliphatic heterocycles. The molecule has 2 aromatic heterocycles. The third-order valence-electron chi connectivity index (χ3n) is 2.32. The topological polar surface area (TPSA) is 17.0 Å². The summed E-state index contributed by atoms with van der Waals surface area (Å²) in [6.07, 6.45) is 8.01. The zero-order chi connectivity index (χ0) is 11.4. The summed E-state index contributed by atoms with van der Waals surface area (Å²) in [6.45, 7) is 0.596. The quantitative estimate of drug-likeness (QED) is 0.697. The van der Waals surface area contributed by atoms with Crippen LogP contribution >= 0.6 is 0 Å². The lowest BCUT2D eigenvalue weighted by Gasteiger charge is -2.03.